The van der Waals surface area contributed by atoms with E-state index in [1.54, 1.807) is 5.12 Å². The minimum Gasteiger partial charge on any atom is -0.384 e. The van der Waals surface area contributed by atoms with Crippen molar-refractivity contribution in [3.8, 4) is 0 Å². The number of benzene rings is 1. The first kappa shape index (κ1) is 10.2. The van der Waals surface area contributed by atoms with Gasteiger partial charge in [0.25, 0.3) is 0 Å². The molecule has 3 aliphatic rings. The first-order valence-corrected chi connectivity index (χ1v) is 4.97. The molecule has 3 aliphatic heterocycles. The van der Waals surface area contributed by atoms with Crippen LogP contribution in [0.4, 0.5) is 14.5 Å². The highest BCUT2D eigenvalue weighted by Crippen LogP contribution is 2.30. The highest BCUT2D eigenvalue weighted by Gasteiger charge is 2.53. The number of nitrogens with zero attached hydrogens (tertiary/aromatic N) is 3. The average Bonchev–Trinajstić information content (AvgIpc) is 2.77. The van der Waals surface area contributed by atoms with Gasteiger partial charge in [0.1, 0.15) is 18.0 Å². The van der Waals surface area contributed by atoms with Crippen LogP contribution in [-0.4, -0.2) is 28.3 Å². The zero-order chi connectivity index (χ0) is 12.2. The van der Waals surface area contributed by atoms with Crippen LogP contribution in [0.25, 0.3) is 0 Å². The Morgan fingerprint density at radius 1 is 1.29 bits per heavy atom. The van der Waals surface area contributed by atoms with Gasteiger partial charge in [-0.3, -0.25) is 5.43 Å². The SMILES string of the molecule is NC1=NN2C(N)C1N2Nc1ccc(F)c(F)c1. The van der Waals surface area contributed by atoms with E-state index in [4.69, 9.17) is 11.5 Å². The third-order valence-electron chi connectivity index (χ3n) is 2.76. The molecule has 0 saturated carbocycles. The number of anilines is 1. The summed E-state index contributed by atoms with van der Waals surface area (Å²) in [5.41, 5.74) is 14.6. The number of hydrogen-bond acceptors (Lipinski definition) is 6. The normalized spacial score (nSPS) is 26.8. The topological polar surface area (TPSA) is 82.9 Å². The zero-order valence-electron chi connectivity index (χ0n) is 8.64. The number of hydrazone groups is 1. The van der Waals surface area contributed by atoms with Gasteiger partial charge in [0.2, 0.25) is 0 Å². The van der Waals surface area contributed by atoms with Crippen LogP contribution in [0.2, 0.25) is 0 Å². The van der Waals surface area contributed by atoms with Crippen molar-refractivity contribution in [1.82, 2.24) is 10.2 Å². The lowest BCUT2D eigenvalue weighted by atomic mass is 10.2. The standard InChI is InChI=1S/C9H10F2N6/c10-5-2-1-4(3-6(5)11)14-16-7-8(12)15-17(16)9(7)13/h1-3,7,9,14H,13H2,(H2,12,15). The summed E-state index contributed by atoms with van der Waals surface area (Å²) in [5, 5.41) is 6.97. The summed E-state index contributed by atoms with van der Waals surface area (Å²) in [5.74, 6) is -1.42. The van der Waals surface area contributed by atoms with Gasteiger partial charge in [-0.1, -0.05) is 0 Å². The fourth-order valence-electron chi connectivity index (χ4n) is 1.88. The van der Waals surface area contributed by atoms with Crippen LogP contribution in [0.1, 0.15) is 0 Å². The maximum atomic E-state index is 13.0. The summed E-state index contributed by atoms with van der Waals surface area (Å²) in [6, 6.07) is 3.26. The van der Waals surface area contributed by atoms with E-state index in [2.05, 4.69) is 10.5 Å². The molecule has 0 radical (unpaired) electrons. The Morgan fingerprint density at radius 3 is 2.59 bits per heavy atom. The molecule has 6 nitrogen and oxygen atoms in total. The molecule has 1 saturated heterocycles. The molecule has 5 N–H and O–H groups in total. The van der Waals surface area contributed by atoms with Crippen molar-refractivity contribution in [2.75, 3.05) is 5.43 Å². The molecule has 90 valence electrons. The number of nitrogens with one attached hydrogen (secondary N) is 1. The van der Waals surface area contributed by atoms with Crippen LogP contribution in [0, 0.1) is 11.6 Å². The van der Waals surface area contributed by atoms with E-state index in [0.29, 0.717) is 11.5 Å². The number of hydrazine groups is 2. The number of nitrogens with two attached hydrogens (primary N) is 2. The average molecular weight is 240 g/mol. The Kier molecular flexibility index (Phi) is 1.98. The van der Waals surface area contributed by atoms with Crippen LogP contribution in [0.15, 0.2) is 23.3 Å². The van der Waals surface area contributed by atoms with Crippen molar-refractivity contribution < 1.29 is 8.78 Å². The lowest BCUT2D eigenvalue weighted by molar-refractivity contribution is -0.143. The quantitative estimate of drug-likeness (QED) is 0.664. The molecular weight excluding hydrogens is 230 g/mol. The Hall–Kier alpha value is -1.93. The fourth-order valence-corrected chi connectivity index (χ4v) is 1.88. The van der Waals surface area contributed by atoms with Gasteiger partial charge >= 0.3 is 0 Å². The predicted molar refractivity (Wildman–Crippen MR) is 57.0 cm³/mol. The third-order valence-corrected chi connectivity index (χ3v) is 2.76. The molecule has 0 spiro atoms. The zero-order valence-corrected chi connectivity index (χ0v) is 8.64. The predicted octanol–water partition coefficient (Wildman–Crippen LogP) is -0.237. The summed E-state index contributed by atoms with van der Waals surface area (Å²) >= 11 is 0. The molecule has 1 aromatic rings. The van der Waals surface area contributed by atoms with Gasteiger partial charge in [0.15, 0.2) is 11.6 Å². The van der Waals surface area contributed by atoms with Crippen LogP contribution in [0.5, 0.6) is 0 Å². The van der Waals surface area contributed by atoms with Gasteiger partial charge in [-0.25, -0.2) is 8.78 Å². The smallest absolute Gasteiger partial charge is 0.160 e. The Balaban J connectivity index is 1.76. The maximum Gasteiger partial charge on any atom is 0.160 e. The van der Waals surface area contributed by atoms with E-state index >= 15 is 0 Å². The van der Waals surface area contributed by atoms with Gasteiger partial charge in [-0.05, 0) is 12.1 Å². The number of amidine groups is 1. The second-order valence-corrected chi connectivity index (χ2v) is 3.87. The van der Waals surface area contributed by atoms with E-state index in [1.165, 1.54) is 11.2 Å². The van der Waals surface area contributed by atoms with Crippen molar-refractivity contribution in [2.24, 2.45) is 16.6 Å². The molecule has 2 unspecified atom stereocenters. The van der Waals surface area contributed by atoms with Gasteiger partial charge in [0, 0.05) is 6.07 Å². The van der Waals surface area contributed by atoms with E-state index in [0.717, 1.165) is 12.1 Å². The summed E-state index contributed by atoms with van der Waals surface area (Å²) in [6.45, 7) is 0. The van der Waals surface area contributed by atoms with Gasteiger partial charge in [-0.15, -0.1) is 10.2 Å². The Labute approximate surface area is 95.4 Å². The number of rotatable bonds is 2. The summed E-state index contributed by atoms with van der Waals surface area (Å²) < 4.78 is 25.7. The first-order chi connectivity index (χ1) is 8.08. The molecule has 1 fully saturated rings. The number of halogens is 2. The monoisotopic (exact) mass is 240 g/mol. The maximum absolute atomic E-state index is 13.0. The molecule has 1 aromatic carbocycles. The molecular formula is C9H10F2N6. The van der Waals surface area contributed by atoms with Gasteiger partial charge in [-0.2, -0.15) is 5.12 Å². The highest BCUT2D eigenvalue weighted by atomic mass is 19.2. The summed E-state index contributed by atoms with van der Waals surface area (Å²) in [7, 11) is 0. The molecule has 3 heterocycles. The lowest BCUT2D eigenvalue weighted by Crippen LogP contribution is -2.72. The van der Waals surface area contributed by atoms with E-state index in [9.17, 15) is 8.78 Å². The minimum absolute atomic E-state index is 0.247. The largest absolute Gasteiger partial charge is 0.384 e. The lowest BCUT2D eigenvalue weighted by Gasteiger charge is -2.46. The van der Waals surface area contributed by atoms with Crippen molar-refractivity contribution >= 4 is 11.5 Å². The van der Waals surface area contributed by atoms with E-state index < -0.39 is 11.6 Å². The number of hydrogen-bond donors (Lipinski definition) is 3. The molecule has 17 heavy (non-hydrogen) atoms. The molecule has 4 rings (SSSR count). The van der Waals surface area contributed by atoms with Gasteiger partial charge in [0.05, 0.1) is 5.69 Å². The van der Waals surface area contributed by atoms with Crippen LogP contribution in [0.3, 0.4) is 0 Å². The summed E-state index contributed by atoms with van der Waals surface area (Å²) in [6.07, 6.45) is -0.298. The Bertz CT molecular complexity index is 504. The molecule has 8 heteroatoms. The van der Waals surface area contributed by atoms with Crippen molar-refractivity contribution in [3.63, 3.8) is 0 Å². The van der Waals surface area contributed by atoms with E-state index in [-0.39, 0.29) is 12.2 Å². The molecule has 0 aliphatic carbocycles. The third kappa shape index (κ3) is 1.34. The van der Waals surface area contributed by atoms with Crippen molar-refractivity contribution in [3.05, 3.63) is 29.8 Å². The van der Waals surface area contributed by atoms with Crippen LogP contribution < -0.4 is 16.9 Å². The highest BCUT2D eigenvalue weighted by molar-refractivity contribution is 5.89. The molecule has 2 bridgehead atoms. The molecule has 0 amide bonds. The first-order valence-electron chi connectivity index (χ1n) is 4.97. The summed E-state index contributed by atoms with van der Waals surface area (Å²) in [4.78, 5) is 0. The van der Waals surface area contributed by atoms with Crippen LogP contribution >= 0.6 is 0 Å². The second-order valence-electron chi connectivity index (χ2n) is 3.87. The van der Waals surface area contributed by atoms with Gasteiger partial charge < -0.3 is 11.5 Å². The second kappa shape index (κ2) is 3.28. The molecule has 2 atom stereocenters. The fraction of sp³-hybridized carbons (Fsp3) is 0.222. The molecule has 0 aromatic heterocycles. The minimum atomic E-state index is -0.920. The van der Waals surface area contributed by atoms with E-state index in [1.807, 2.05) is 0 Å². The van der Waals surface area contributed by atoms with Crippen LogP contribution in [-0.2, 0) is 0 Å². The van der Waals surface area contributed by atoms with Crippen molar-refractivity contribution in [2.45, 2.75) is 12.2 Å². The van der Waals surface area contributed by atoms with Crippen molar-refractivity contribution in [1.29, 1.82) is 0 Å². The Morgan fingerprint density at radius 2 is 2.06 bits per heavy atom.